The molecule has 2 aromatic rings. The molecule has 2 unspecified atom stereocenters. The van der Waals surface area contributed by atoms with Crippen LogP contribution in [0.2, 0.25) is 0 Å². The van der Waals surface area contributed by atoms with E-state index in [9.17, 15) is 4.79 Å². The summed E-state index contributed by atoms with van der Waals surface area (Å²) in [6.45, 7) is 5.55. The average Bonchev–Trinajstić information content (AvgIpc) is 3.36. The Bertz CT molecular complexity index is 826. The van der Waals surface area contributed by atoms with Crippen LogP contribution < -0.4 is 4.90 Å². The number of aromatic nitrogens is 4. The Kier molecular flexibility index (Phi) is 7.01. The van der Waals surface area contributed by atoms with Gasteiger partial charge >= 0.3 is 0 Å². The van der Waals surface area contributed by atoms with Gasteiger partial charge in [-0.2, -0.15) is 5.26 Å². The van der Waals surface area contributed by atoms with Crippen molar-refractivity contribution in [3.8, 4) is 6.07 Å². The Morgan fingerprint density at radius 2 is 2.25 bits per heavy atom. The molecule has 1 aliphatic rings. The van der Waals surface area contributed by atoms with E-state index in [2.05, 4.69) is 21.6 Å². The summed E-state index contributed by atoms with van der Waals surface area (Å²) in [5, 5.41) is 21.0. The van der Waals surface area contributed by atoms with Crippen molar-refractivity contribution in [3.63, 3.8) is 0 Å². The molecule has 28 heavy (non-hydrogen) atoms. The molecule has 1 aromatic heterocycles. The predicted molar refractivity (Wildman–Crippen MR) is 106 cm³/mol. The molecule has 1 aromatic carbocycles. The Balaban J connectivity index is 1.70. The molecule has 0 aliphatic carbocycles. The molecule has 8 nitrogen and oxygen atoms in total. The standard InChI is InChI=1S/C19H24N6O2S/c1-14-6-8-16(9-7-14)24(11-4-10-20)18(26)15(2)28-19-21-22-23-25(19)13-17-5-3-12-27-17/h6-9,15,17H,3-5,11-13H2,1-2H3. The first-order valence-corrected chi connectivity index (χ1v) is 10.3. The normalized spacial score (nSPS) is 17.2. The van der Waals surface area contributed by atoms with Crippen molar-refractivity contribution in [2.24, 2.45) is 0 Å². The summed E-state index contributed by atoms with van der Waals surface area (Å²) < 4.78 is 7.36. The number of aryl methyl sites for hydroxylation is 1. The van der Waals surface area contributed by atoms with Crippen LogP contribution in [0.3, 0.4) is 0 Å². The van der Waals surface area contributed by atoms with Crippen LogP contribution in [0, 0.1) is 18.3 Å². The molecule has 9 heteroatoms. The fourth-order valence-corrected chi connectivity index (χ4v) is 3.92. The van der Waals surface area contributed by atoms with Gasteiger partial charge in [-0.25, -0.2) is 4.68 Å². The van der Waals surface area contributed by atoms with Crippen molar-refractivity contribution >= 4 is 23.4 Å². The summed E-state index contributed by atoms with van der Waals surface area (Å²) in [7, 11) is 0. The van der Waals surface area contributed by atoms with Crippen LogP contribution in [0.5, 0.6) is 0 Å². The maximum absolute atomic E-state index is 13.1. The van der Waals surface area contributed by atoms with Crippen LogP contribution in [0.4, 0.5) is 5.69 Å². The highest BCUT2D eigenvalue weighted by atomic mass is 32.2. The van der Waals surface area contributed by atoms with Gasteiger partial charge in [0.05, 0.1) is 30.4 Å². The molecular formula is C19H24N6O2S. The number of benzene rings is 1. The summed E-state index contributed by atoms with van der Waals surface area (Å²) in [5.41, 5.74) is 1.91. The minimum atomic E-state index is -0.394. The molecule has 0 N–H and O–H groups in total. The smallest absolute Gasteiger partial charge is 0.240 e. The van der Waals surface area contributed by atoms with Gasteiger partial charge in [-0.3, -0.25) is 4.79 Å². The van der Waals surface area contributed by atoms with Gasteiger partial charge in [-0.15, -0.1) is 5.10 Å². The zero-order valence-electron chi connectivity index (χ0n) is 16.1. The van der Waals surface area contributed by atoms with Crippen molar-refractivity contribution in [3.05, 3.63) is 29.8 Å². The third-order valence-electron chi connectivity index (χ3n) is 4.59. The van der Waals surface area contributed by atoms with Gasteiger partial charge in [0.15, 0.2) is 0 Å². The van der Waals surface area contributed by atoms with E-state index in [4.69, 9.17) is 10.00 Å². The van der Waals surface area contributed by atoms with Gasteiger partial charge in [0.2, 0.25) is 11.1 Å². The maximum atomic E-state index is 13.1. The lowest BCUT2D eigenvalue weighted by molar-refractivity contribution is -0.117. The summed E-state index contributed by atoms with van der Waals surface area (Å²) in [6, 6.07) is 9.85. The summed E-state index contributed by atoms with van der Waals surface area (Å²) in [4.78, 5) is 14.8. The topological polar surface area (TPSA) is 96.9 Å². The molecule has 1 fully saturated rings. The molecule has 2 heterocycles. The highest BCUT2D eigenvalue weighted by Crippen LogP contribution is 2.26. The Morgan fingerprint density at radius 3 is 2.93 bits per heavy atom. The molecule has 1 aliphatic heterocycles. The highest BCUT2D eigenvalue weighted by Gasteiger charge is 2.26. The van der Waals surface area contributed by atoms with Gasteiger partial charge in [-0.1, -0.05) is 29.5 Å². The molecule has 3 rings (SSSR count). The van der Waals surface area contributed by atoms with Crippen molar-refractivity contribution < 1.29 is 9.53 Å². The molecule has 0 spiro atoms. The molecule has 1 saturated heterocycles. The number of thioether (sulfide) groups is 1. The number of nitriles is 1. The number of hydrogen-bond acceptors (Lipinski definition) is 7. The first-order chi connectivity index (χ1) is 13.6. The first kappa shape index (κ1) is 20.3. The van der Waals surface area contributed by atoms with E-state index in [0.717, 1.165) is 30.7 Å². The van der Waals surface area contributed by atoms with Crippen molar-refractivity contribution in [2.45, 2.75) is 56.2 Å². The number of carbonyl (C=O) groups excluding carboxylic acids is 1. The monoisotopic (exact) mass is 400 g/mol. The van der Waals surface area contributed by atoms with Gasteiger partial charge in [0, 0.05) is 18.8 Å². The molecule has 0 radical (unpaired) electrons. The Labute approximate surface area is 168 Å². The Morgan fingerprint density at radius 1 is 1.46 bits per heavy atom. The lowest BCUT2D eigenvalue weighted by Crippen LogP contribution is -2.37. The van der Waals surface area contributed by atoms with Gasteiger partial charge < -0.3 is 9.64 Å². The molecule has 2 atom stereocenters. The lowest BCUT2D eigenvalue weighted by Gasteiger charge is -2.25. The second-order valence-corrected chi connectivity index (χ2v) is 8.08. The van der Waals surface area contributed by atoms with E-state index >= 15 is 0 Å². The van der Waals surface area contributed by atoms with E-state index in [1.165, 1.54) is 11.8 Å². The number of amides is 1. The van der Waals surface area contributed by atoms with Crippen LogP contribution in [0.1, 0.15) is 31.7 Å². The number of nitrogens with zero attached hydrogens (tertiary/aromatic N) is 6. The summed E-state index contributed by atoms with van der Waals surface area (Å²) >= 11 is 1.33. The van der Waals surface area contributed by atoms with Gasteiger partial charge in [0.1, 0.15) is 0 Å². The molecule has 148 valence electrons. The first-order valence-electron chi connectivity index (χ1n) is 9.38. The number of ether oxygens (including phenoxy) is 1. The summed E-state index contributed by atoms with van der Waals surface area (Å²) in [5.74, 6) is -0.0734. The van der Waals surface area contributed by atoms with E-state index in [1.807, 2.05) is 38.1 Å². The maximum Gasteiger partial charge on any atom is 0.240 e. The second-order valence-electron chi connectivity index (χ2n) is 6.77. The zero-order valence-corrected chi connectivity index (χ0v) is 16.9. The summed E-state index contributed by atoms with van der Waals surface area (Å²) in [6.07, 6.45) is 2.43. The molecule has 0 saturated carbocycles. The highest BCUT2D eigenvalue weighted by molar-refractivity contribution is 8.00. The minimum absolute atomic E-state index is 0.0734. The SMILES string of the molecule is Cc1ccc(N(CCC#N)C(=O)C(C)Sc2nnnn2CC2CCCO2)cc1. The number of tetrazole rings is 1. The van der Waals surface area contributed by atoms with Crippen LogP contribution in [-0.2, 0) is 16.1 Å². The second kappa shape index (κ2) is 9.66. The van der Waals surface area contributed by atoms with E-state index in [-0.39, 0.29) is 18.4 Å². The average molecular weight is 401 g/mol. The van der Waals surface area contributed by atoms with Gasteiger partial charge in [0.25, 0.3) is 0 Å². The van der Waals surface area contributed by atoms with Crippen molar-refractivity contribution in [2.75, 3.05) is 18.1 Å². The van der Waals surface area contributed by atoms with Crippen LogP contribution in [0.25, 0.3) is 0 Å². The fourth-order valence-electron chi connectivity index (χ4n) is 3.06. The number of anilines is 1. The molecule has 0 bridgehead atoms. The zero-order chi connectivity index (χ0) is 19.9. The quantitative estimate of drug-likeness (QED) is 0.628. The van der Waals surface area contributed by atoms with Crippen molar-refractivity contribution in [1.82, 2.24) is 20.2 Å². The van der Waals surface area contributed by atoms with Gasteiger partial charge in [-0.05, 0) is 49.2 Å². The molecular weight excluding hydrogens is 376 g/mol. The van der Waals surface area contributed by atoms with Crippen LogP contribution >= 0.6 is 11.8 Å². The minimum Gasteiger partial charge on any atom is -0.376 e. The predicted octanol–water partition coefficient (Wildman–Crippen LogP) is 2.59. The third-order valence-corrected chi connectivity index (χ3v) is 5.65. The van der Waals surface area contributed by atoms with E-state index in [1.54, 1.807) is 9.58 Å². The number of hydrogen-bond donors (Lipinski definition) is 0. The van der Waals surface area contributed by atoms with E-state index in [0.29, 0.717) is 18.2 Å². The van der Waals surface area contributed by atoms with Crippen LogP contribution in [0.15, 0.2) is 29.4 Å². The number of rotatable bonds is 8. The Hall–Kier alpha value is -2.44. The van der Waals surface area contributed by atoms with Crippen LogP contribution in [-0.4, -0.2) is 50.6 Å². The van der Waals surface area contributed by atoms with Crippen molar-refractivity contribution in [1.29, 1.82) is 5.26 Å². The van der Waals surface area contributed by atoms with E-state index < -0.39 is 5.25 Å². The third kappa shape index (κ3) is 5.09. The fraction of sp³-hybridized carbons (Fsp3) is 0.526. The molecule has 1 amide bonds. The largest absolute Gasteiger partial charge is 0.376 e. The number of carbonyl (C=O) groups is 1. The lowest BCUT2D eigenvalue weighted by atomic mass is 10.2.